The fourth-order valence-electron chi connectivity index (χ4n) is 4.61. The lowest BCUT2D eigenvalue weighted by Gasteiger charge is -2.30. The van der Waals surface area contributed by atoms with Crippen molar-refractivity contribution in [1.29, 1.82) is 0 Å². The first-order chi connectivity index (χ1) is 14.0. The number of β-amino-alcohol motifs (C(OH)–C–C–N with tert-alkyl or cyclic N) is 1. The van der Waals surface area contributed by atoms with Gasteiger partial charge in [-0.25, -0.2) is 15.3 Å². The zero-order valence-electron chi connectivity index (χ0n) is 16.3. The van der Waals surface area contributed by atoms with Crippen LogP contribution in [0.15, 0.2) is 39.8 Å². The van der Waals surface area contributed by atoms with E-state index in [1.54, 1.807) is 11.0 Å². The Morgan fingerprint density at radius 2 is 2.28 bits per heavy atom. The van der Waals surface area contributed by atoms with E-state index in [-0.39, 0.29) is 24.9 Å². The van der Waals surface area contributed by atoms with Gasteiger partial charge in [0.05, 0.1) is 24.3 Å². The number of carbonyl (C=O) groups is 1. The van der Waals surface area contributed by atoms with Crippen LogP contribution in [0.4, 0.5) is 0 Å². The van der Waals surface area contributed by atoms with E-state index in [4.69, 9.17) is 14.4 Å². The van der Waals surface area contributed by atoms with E-state index in [1.807, 2.05) is 19.1 Å². The molecule has 8 nitrogen and oxygen atoms in total. The Morgan fingerprint density at radius 3 is 3.10 bits per heavy atom. The van der Waals surface area contributed by atoms with Crippen LogP contribution in [0.5, 0.6) is 0 Å². The molecular weight excluding hydrogens is 372 g/mol. The van der Waals surface area contributed by atoms with Gasteiger partial charge in [-0.3, -0.25) is 4.79 Å². The number of hydrogen-bond acceptors (Lipinski definition) is 7. The average molecular weight is 396 g/mol. The number of aliphatic hydroxyl groups excluding tert-OH is 1. The number of rotatable bonds is 3. The van der Waals surface area contributed by atoms with Crippen molar-refractivity contribution >= 4 is 11.7 Å². The van der Waals surface area contributed by atoms with Crippen molar-refractivity contribution in [2.45, 2.75) is 56.9 Å². The van der Waals surface area contributed by atoms with Gasteiger partial charge in [0.15, 0.2) is 0 Å². The molecule has 3 heterocycles. The van der Waals surface area contributed by atoms with Gasteiger partial charge in [-0.05, 0) is 25.3 Å². The van der Waals surface area contributed by atoms with Crippen molar-refractivity contribution in [2.75, 3.05) is 6.54 Å². The molecule has 1 spiro atoms. The topological polar surface area (TPSA) is 100 Å². The highest BCUT2D eigenvalue weighted by atomic mass is 16.7. The number of aliphatic imine (C=N–C) groups is 1. The number of hydroxylamine groups is 1. The second kappa shape index (κ2) is 6.96. The van der Waals surface area contributed by atoms with Crippen LogP contribution in [0.3, 0.4) is 0 Å². The molecule has 0 radical (unpaired) electrons. The minimum Gasteiger partial charge on any atom is -0.391 e. The van der Waals surface area contributed by atoms with E-state index in [9.17, 15) is 9.90 Å². The number of aryl methyl sites for hydroxylation is 2. The number of amidine groups is 1. The Balaban J connectivity index is 1.41. The number of likely N-dealkylation sites (tertiary alicyclic amines) is 1. The van der Waals surface area contributed by atoms with Gasteiger partial charge in [-0.1, -0.05) is 29.4 Å². The van der Waals surface area contributed by atoms with E-state index in [0.717, 1.165) is 30.5 Å². The summed E-state index contributed by atoms with van der Waals surface area (Å²) in [5.41, 5.74) is 5.28. The van der Waals surface area contributed by atoms with E-state index in [2.05, 4.69) is 22.8 Å². The second-order valence-electron chi connectivity index (χ2n) is 8.06. The maximum Gasteiger partial charge on any atom is 0.231 e. The number of aliphatic hydroxyl groups is 1. The van der Waals surface area contributed by atoms with Gasteiger partial charge in [-0.15, -0.1) is 0 Å². The van der Waals surface area contributed by atoms with Crippen LogP contribution >= 0.6 is 0 Å². The van der Waals surface area contributed by atoms with Crippen molar-refractivity contribution in [1.82, 2.24) is 15.5 Å². The van der Waals surface area contributed by atoms with Gasteiger partial charge >= 0.3 is 0 Å². The number of amides is 1. The number of carbonyl (C=O) groups excluding carboxylic acids is 1. The summed E-state index contributed by atoms with van der Waals surface area (Å²) in [6, 6.07) is 9.60. The second-order valence-corrected chi connectivity index (χ2v) is 8.06. The van der Waals surface area contributed by atoms with Crippen LogP contribution in [-0.4, -0.2) is 45.6 Å². The zero-order chi connectivity index (χ0) is 20.0. The highest BCUT2D eigenvalue weighted by molar-refractivity contribution is 5.93. The Labute approximate surface area is 168 Å². The number of fused-ring (bicyclic) bond motifs is 2. The molecule has 2 aliphatic heterocycles. The monoisotopic (exact) mass is 396 g/mol. The maximum absolute atomic E-state index is 12.9. The summed E-state index contributed by atoms with van der Waals surface area (Å²) in [6.45, 7) is 2.08. The minimum atomic E-state index is -0.755. The van der Waals surface area contributed by atoms with Crippen molar-refractivity contribution in [2.24, 2.45) is 4.99 Å². The lowest BCUT2D eigenvalue weighted by molar-refractivity contribution is -0.131. The summed E-state index contributed by atoms with van der Waals surface area (Å²) < 4.78 is 5.18. The third-order valence-electron chi connectivity index (χ3n) is 5.94. The van der Waals surface area contributed by atoms with Gasteiger partial charge in [0.2, 0.25) is 11.6 Å². The molecule has 3 aliphatic rings. The standard InChI is InChI=1S/C21H24N4O4/c1-13-9-16(28-23-13)11-19(27)25-12-15(26)10-18(25)20-22-21(29-24-20)8-4-6-14-5-2-3-7-17(14)21/h2-3,5,7,9,15,18,26H,4,6,8,10-12H2,1H3,(H,22,24)/t15-,18?,21?/m1/s1. The molecule has 2 N–H and O–H groups in total. The summed E-state index contributed by atoms with van der Waals surface area (Å²) in [6.07, 6.45) is 2.70. The number of hydrogen-bond donors (Lipinski definition) is 2. The molecule has 29 heavy (non-hydrogen) atoms. The first-order valence-electron chi connectivity index (χ1n) is 10.1. The van der Waals surface area contributed by atoms with Crippen molar-refractivity contribution in [3.8, 4) is 0 Å². The quantitative estimate of drug-likeness (QED) is 0.818. The van der Waals surface area contributed by atoms with E-state index in [1.165, 1.54) is 5.56 Å². The van der Waals surface area contributed by atoms with Crippen molar-refractivity contribution in [3.63, 3.8) is 0 Å². The highest BCUT2D eigenvalue weighted by Crippen LogP contribution is 2.42. The van der Waals surface area contributed by atoms with Crippen LogP contribution < -0.4 is 5.48 Å². The van der Waals surface area contributed by atoms with Crippen LogP contribution in [0, 0.1) is 6.92 Å². The van der Waals surface area contributed by atoms with Gasteiger partial charge < -0.3 is 14.5 Å². The number of aromatic nitrogens is 1. The Kier molecular flexibility index (Phi) is 4.40. The lowest BCUT2D eigenvalue weighted by atomic mass is 9.85. The molecule has 2 aromatic rings. The fourth-order valence-corrected chi connectivity index (χ4v) is 4.61. The maximum atomic E-state index is 12.9. The summed E-state index contributed by atoms with van der Waals surface area (Å²) in [5.74, 6) is 0.987. The molecule has 1 aliphatic carbocycles. The summed E-state index contributed by atoms with van der Waals surface area (Å²) in [4.78, 5) is 25.5. The van der Waals surface area contributed by atoms with Gasteiger partial charge in [0.1, 0.15) is 11.6 Å². The highest BCUT2D eigenvalue weighted by Gasteiger charge is 2.46. The third kappa shape index (κ3) is 3.22. The molecule has 152 valence electrons. The summed E-state index contributed by atoms with van der Waals surface area (Å²) >= 11 is 0. The SMILES string of the molecule is Cc1cc(CC(=O)N2C[C@H](O)CC2C2=NC3(CCCc4ccccc43)ON2)on1. The van der Waals surface area contributed by atoms with Crippen molar-refractivity contribution in [3.05, 3.63) is 52.9 Å². The largest absolute Gasteiger partial charge is 0.391 e. The predicted molar refractivity (Wildman–Crippen MR) is 104 cm³/mol. The first kappa shape index (κ1) is 18.3. The molecule has 2 unspecified atom stereocenters. The van der Waals surface area contributed by atoms with E-state index in [0.29, 0.717) is 18.0 Å². The Morgan fingerprint density at radius 1 is 1.41 bits per heavy atom. The average Bonchev–Trinajstić information content (AvgIpc) is 3.42. The molecular formula is C21H24N4O4. The molecule has 1 fully saturated rings. The van der Waals surface area contributed by atoms with Crippen molar-refractivity contribution < 1.29 is 19.3 Å². The molecule has 1 saturated heterocycles. The van der Waals surface area contributed by atoms with E-state index < -0.39 is 11.8 Å². The molecule has 3 atom stereocenters. The van der Waals surface area contributed by atoms with Crippen LogP contribution in [-0.2, 0) is 28.2 Å². The van der Waals surface area contributed by atoms with Gasteiger partial charge in [0.25, 0.3) is 0 Å². The fraction of sp³-hybridized carbons (Fsp3) is 0.476. The normalized spacial score (nSPS) is 28.3. The first-order valence-corrected chi connectivity index (χ1v) is 10.1. The van der Waals surface area contributed by atoms with E-state index >= 15 is 0 Å². The minimum absolute atomic E-state index is 0.103. The Bertz CT molecular complexity index is 971. The summed E-state index contributed by atoms with van der Waals surface area (Å²) in [5, 5.41) is 14.1. The van der Waals surface area contributed by atoms with Crippen LogP contribution in [0.25, 0.3) is 0 Å². The number of nitrogens with one attached hydrogen (secondary N) is 1. The molecule has 0 bridgehead atoms. The third-order valence-corrected chi connectivity index (χ3v) is 5.94. The molecule has 1 amide bonds. The lowest BCUT2D eigenvalue weighted by Crippen LogP contribution is -2.44. The van der Waals surface area contributed by atoms with Gasteiger partial charge in [0, 0.05) is 31.0 Å². The molecule has 1 aromatic heterocycles. The smallest absolute Gasteiger partial charge is 0.231 e. The Hall–Kier alpha value is -2.71. The number of benzene rings is 1. The number of nitrogens with zero attached hydrogens (tertiary/aromatic N) is 3. The molecule has 8 heteroatoms. The predicted octanol–water partition coefficient (Wildman–Crippen LogP) is 1.61. The van der Waals surface area contributed by atoms with Crippen LogP contribution in [0.1, 0.15) is 41.8 Å². The zero-order valence-corrected chi connectivity index (χ0v) is 16.3. The summed E-state index contributed by atoms with van der Waals surface area (Å²) in [7, 11) is 0. The molecule has 1 aromatic carbocycles. The molecule has 0 saturated carbocycles. The van der Waals surface area contributed by atoms with Gasteiger partial charge in [-0.2, -0.15) is 0 Å². The molecule has 5 rings (SSSR count). The van der Waals surface area contributed by atoms with Crippen LogP contribution in [0.2, 0.25) is 0 Å².